The number of esters is 1. The zero-order valence-electron chi connectivity index (χ0n) is 23.7. The van der Waals surface area contributed by atoms with Crippen molar-refractivity contribution in [2.45, 2.75) is 114 Å². The standard InChI is InChI=1S/C30H44O10/c1-15-23(32)25(37-3)24(33)26(39-15)40-18-6-10-29(27(34)35)17(13-18)4-5-21-20(29)7-9-28(2)19(8-11-30(21,28)36)16-12-22(31)38-14-16/h12,15,17-21,23-26,32-33,36H,4-11,13-14H2,1-3H3,(H,34,35)/t15-,17?,18?,19?,20?,21?,23-,24-,25-,26+,28?,29?,30?/m1/s1. The molecule has 1 saturated heterocycles. The Hall–Kier alpha value is -1.56. The molecule has 0 aromatic heterocycles. The molecule has 0 spiro atoms. The van der Waals surface area contributed by atoms with Gasteiger partial charge < -0.3 is 39.4 Å². The number of hydrogen-bond donors (Lipinski definition) is 4. The molecule has 0 aromatic rings. The molecular weight excluding hydrogens is 520 g/mol. The van der Waals surface area contributed by atoms with Crippen molar-refractivity contribution in [3.63, 3.8) is 0 Å². The van der Waals surface area contributed by atoms with E-state index in [2.05, 4.69) is 6.92 Å². The van der Waals surface area contributed by atoms with E-state index in [9.17, 15) is 30.0 Å². The van der Waals surface area contributed by atoms with Gasteiger partial charge in [0, 0.05) is 18.6 Å². The quantitative estimate of drug-likeness (QED) is 0.289. The van der Waals surface area contributed by atoms with Crippen LogP contribution in [0.15, 0.2) is 11.6 Å². The van der Waals surface area contributed by atoms with Gasteiger partial charge in [0.1, 0.15) is 24.9 Å². The molecule has 224 valence electrons. The summed E-state index contributed by atoms with van der Waals surface area (Å²) in [6, 6.07) is 0. The van der Waals surface area contributed by atoms with Crippen LogP contribution in [-0.4, -0.2) is 88.5 Å². The van der Waals surface area contributed by atoms with E-state index in [1.807, 2.05) is 0 Å². The van der Waals surface area contributed by atoms with Crippen LogP contribution in [0.5, 0.6) is 0 Å². The van der Waals surface area contributed by atoms with Crippen LogP contribution < -0.4 is 0 Å². The molecule has 5 fully saturated rings. The summed E-state index contributed by atoms with van der Waals surface area (Å²) in [5.41, 5.74) is -1.38. The fraction of sp³-hybridized carbons (Fsp3) is 0.867. The number of cyclic esters (lactones) is 1. The number of fused-ring (bicyclic) bond motifs is 5. The maximum Gasteiger partial charge on any atom is 0.331 e. The Balaban J connectivity index is 1.21. The lowest BCUT2D eigenvalue weighted by Gasteiger charge is -2.63. The number of hydrogen-bond acceptors (Lipinski definition) is 9. The number of rotatable bonds is 5. The fourth-order valence-electron chi connectivity index (χ4n) is 10.1. The number of methoxy groups -OCH3 is 1. The smallest absolute Gasteiger partial charge is 0.331 e. The Morgan fingerprint density at radius 3 is 2.50 bits per heavy atom. The number of carbonyl (C=O) groups excluding carboxylic acids is 1. The maximum absolute atomic E-state index is 13.2. The Kier molecular flexibility index (Phi) is 7.15. The number of aliphatic hydroxyl groups excluding tert-OH is 2. The van der Waals surface area contributed by atoms with Crippen LogP contribution in [-0.2, 0) is 28.5 Å². The highest BCUT2D eigenvalue weighted by atomic mass is 16.7. The summed E-state index contributed by atoms with van der Waals surface area (Å²) in [6.07, 6.45) is 2.56. The van der Waals surface area contributed by atoms with Gasteiger partial charge in [-0.2, -0.15) is 0 Å². The summed E-state index contributed by atoms with van der Waals surface area (Å²) >= 11 is 0. The van der Waals surface area contributed by atoms with Gasteiger partial charge in [0.25, 0.3) is 0 Å². The molecule has 40 heavy (non-hydrogen) atoms. The summed E-state index contributed by atoms with van der Waals surface area (Å²) < 4.78 is 22.5. The summed E-state index contributed by atoms with van der Waals surface area (Å²) in [5.74, 6) is -1.40. The third kappa shape index (κ3) is 3.96. The van der Waals surface area contributed by atoms with E-state index in [4.69, 9.17) is 18.9 Å². The van der Waals surface area contributed by atoms with Crippen molar-refractivity contribution in [3.05, 3.63) is 11.6 Å². The Morgan fingerprint density at radius 2 is 1.82 bits per heavy atom. The molecular formula is C30H44O10. The molecule has 4 aliphatic carbocycles. The summed E-state index contributed by atoms with van der Waals surface area (Å²) in [5, 5.41) is 44.2. The molecule has 0 aromatic carbocycles. The van der Waals surface area contributed by atoms with Gasteiger partial charge >= 0.3 is 11.9 Å². The molecule has 6 rings (SSSR count). The monoisotopic (exact) mass is 564 g/mol. The van der Waals surface area contributed by atoms with Gasteiger partial charge in [-0.15, -0.1) is 0 Å². The van der Waals surface area contributed by atoms with Gasteiger partial charge in [-0.25, -0.2) is 4.79 Å². The highest BCUT2D eigenvalue weighted by Crippen LogP contribution is 2.70. The summed E-state index contributed by atoms with van der Waals surface area (Å²) in [7, 11) is 1.43. The average molecular weight is 565 g/mol. The van der Waals surface area contributed by atoms with Crippen LogP contribution in [0.25, 0.3) is 0 Å². The van der Waals surface area contributed by atoms with E-state index in [0.717, 1.165) is 24.8 Å². The molecule has 2 heterocycles. The molecule has 0 amide bonds. The minimum absolute atomic E-state index is 0.0614. The normalized spacial score (nSPS) is 52.2. The number of carboxylic acids is 1. The van der Waals surface area contributed by atoms with Gasteiger partial charge in [-0.05, 0) is 94.0 Å². The SMILES string of the molecule is CO[C@H]1[C@@H](O)[C@H](OC2CCC3(C(=O)O)C(CCC4C3CCC3(C)C(C5=CC(=O)OC5)CCC43O)C2)O[C@H](C)[C@H]1O. The molecule has 6 aliphatic rings. The molecule has 4 N–H and O–H groups in total. The topological polar surface area (TPSA) is 152 Å². The summed E-state index contributed by atoms with van der Waals surface area (Å²) in [4.78, 5) is 25.0. The van der Waals surface area contributed by atoms with Crippen molar-refractivity contribution >= 4 is 11.9 Å². The van der Waals surface area contributed by atoms with E-state index in [1.54, 1.807) is 13.0 Å². The number of aliphatic hydroxyl groups is 3. The average Bonchev–Trinajstić information content (AvgIpc) is 3.46. The van der Waals surface area contributed by atoms with Crippen LogP contribution in [0.1, 0.15) is 71.6 Å². The van der Waals surface area contributed by atoms with E-state index in [1.165, 1.54) is 7.11 Å². The van der Waals surface area contributed by atoms with Crippen LogP contribution in [0.3, 0.4) is 0 Å². The van der Waals surface area contributed by atoms with Gasteiger partial charge in [-0.3, -0.25) is 4.79 Å². The molecule has 10 heteroatoms. The lowest BCUT2D eigenvalue weighted by Crippen LogP contribution is -2.65. The van der Waals surface area contributed by atoms with Crippen molar-refractivity contribution in [3.8, 4) is 0 Å². The van der Waals surface area contributed by atoms with Gasteiger partial charge in [0.05, 0.1) is 23.2 Å². The van der Waals surface area contributed by atoms with E-state index >= 15 is 0 Å². The zero-order valence-corrected chi connectivity index (χ0v) is 23.7. The number of ether oxygens (including phenoxy) is 4. The number of aliphatic carboxylic acids is 1. The second kappa shape index (κ2) is 10.0. The first-order valence-electron chi connectivity index (χ1n) is 15.0. The highest BCUT2D eigenvalue weighted by Gasteiger charge is 2.70. The van der Waals surface area contributed by atoms with Crippen molar-refractivity contribution < 1.29 is 49.0 Å². The molecule has 10 nitrogen and oxygen atoms in total. The van der Waals surface area contributed by atoms with E-state index < -0.39 is 53.1 Å². The van der Waals surface area contributed by atoms with Crippen molar-refractivity contribution in [2.75, 3.05) is 13.7 Å². The van der Waals surface area contributed by atoms with Crippen LogP contribution >= 0.6 is 0 Å². The highest BCUT2D eigenvalue weighted by molar-refractivity contribution is 5.85. The molecule has 13 atom stereocenters. The number of carboxylic acid groups (broad SMARTS) is 1. The first kappa shape index (κ1) is 28.6. The predicted molar refractivity (Wildman–Crippen MR) is 140 cm³/mol. The third-order valence-electron chi connectivity index (χ3n) is 12.2. The molecule has 0 bridgehead atoms. The van der Waals surface area contributed by atoms with Crippen LogP contribution in [0.2, 0.25) is 0 Å². The van der Waals surface area contributed by atoms with Crippen molar-refractivity contribution in [1.82, 2.24) is 0 Å². The summed E-state index contributed by atoms with van der Waals surface area (Å²) in [6.45, 7) is 4.13. The Labute approximate surface area is 235 Å². The Bertz CT molecular complexity index is 1060. The second-order valence-electron chi connectivity index (χ2n) is 13.6. The Morgan fingerprint density at radius 1 is 1.05 bits per heavy atom. The third-order valence-corrected chi connectivity index (χ3v) is 12.2. The van der Waals surface area contributed by atoms with Gasteiger partial charge in [-0.1, -0.05) is 6.92 Å². The van der Waals surface area contributed by atoms with Crippen LogP contribution in [0.4, 0.5) is 0 Å². The lowest BCUT2D eigenvalue weighted by molar-refractivity contribution is -0.313. The first-order valence-corrected chi connectivity index (χ1v) is 15.0. The van der Waals surface area contributed by atoms with Gasteiger partial charge in [0.15, 0.2) is 6.29 Å². The molecule has 0 radical (unpaired) electrons. The molecule has 2 aliphatic heterocycles. The van der Waals surface area contributed by atoms with E-state index in [0.29, 0.717) is 38.5 Å². The van der Waals surface area contributed by atoms with Gasteiger partial charge in [0.2, 0.25) is 0 Å². The lowest BCUT2D eigenvalue weighted by atomic mass is 9.42. The number of carbonyl (C=O) groups is 2. The minimum Gasteiger partial charge on any atom is -0.481 e. The molecule has 4 saturated carbocycles. The second-order valence-corrected chi connectivity index (χ2v) is 13.6. The van der Waals surface area contributed by atoms with Crippen molar-refractivity contribution in [1.29, 1.82) is 0 Å². The zero-order chi connectivity index (χ0) is 28.6. The first-order chi connectivity index (χ1) is 19.0. The minimum atomic E-state index is -1.16. The van der Waals surface area contributed by atoms with E-state index in [-0.39, 0.29) is 42.4 Å². The molecule has 8 unspecified atom stereocenters. The van der Waals surface area contributed by atoms with Crippen LogP contribution in [0, 0.1) is 34.5 Å². The fourth-order valence-corrected chi connectivity index (χ4v) is 10.1. The largest absolute Gasteiger partial charge is 0.481 e. The maximum atomic E-state index is 13.2. The van der Waals surface area contributed by atoms with Crippen molar-refractivity contribution in [2.24, 2.45) is 34.5 Å². The predicted octanol–water partition coefficient (Wildman–Crippen LogP) is 2.17.